The highest BCUT2D eigenvalue weighted by atomic mass is 32.2. The molecule has 16 nitrogen and oxygen atoms in total. The van der Waals surface area contributed by atoms with Crippen molar-refractivity contribution in [3.63, 3.8) is 0 Å². The van der Waals surface area contributed by atoms with Crippen molar-refractivity contribution in [3.05, 3.63) is 76.9 Å². The Labute approximate surface area is 331 Å². The molecule has 1 aliphatic rings. The molecule has 1 amide bonds. The van der Waals surface area contributed by atoms with E-state index in [1.807, 2.05) is 0 Å². The van der Waals surface area contributed by atoms with Crippen LogP contribution in [-0.2, 0) is 48.8 Å². The molecule has 0 bridgehead atoms. The molecular weight excluding hydrogens is 821 g/mol. The molecule has 22 heteroatoms. The number of hydrogen-bond donors (Lipinski definition) is 3. The second-order valence-corrected chi connectivity index (χ2v) is 15.1. The minimum atomic E-state index is -5.67. The number of halogens is 4. The zero-order chi connectivity index (χ0) is 42.6. The molecule has 0 atom stereocenters. The number of benzene rings is 3. The molecular formula is C36H40F4N4O12S2. The van der Waals surface area contributed by atoms with E-state index in [2.05, 4.69) is 14.5 Å². The molecule has 0 spiro atoms. The summed E-state index contributed by atoms with van der Waals surface area (Å²) in [5.41, 5.74) is 9.01. The quantitative estimate of drug-likeness (QED) is 0.0262. The number of amides is 1. The van der Waals surface area contributed by atoms with E-state index in [4.69, 9.17) is 29.3 Å². The van der Waals surface area contributed by atoms with Crippen molar-refractivity contribution >= 4 is 49.6 Å². The number of nitrogens with zero attached hydrogens (tertiary/aromatic N) is 2. The molecule has 3 aromatic carbocycles. The average molecular weight is 861 g/mol. The first-order valence-corrected chi connectivity index (χ1v) is 20.4. The van der Waals surface area contributed by atoms with E-state index in [0.717, 1.165) is 0 Å². The van der Waals surface area contributed by atoms with Crippen molar-refractivity contribution in [2.24, 2.45) is 10.7 Å². The van der Waals surface area contributed by atoms with Crippen LogP contribution in [0, 0.1) is 23.3 Å². The van der Waals surface area contributed by atoms with Crippen LogP contribution < -0.4 is 15.2 Å². The third kappa shape index (κ3) is 12.1. The average Bonchev–Trinajstić information content (AvgIpc) is 3.35. The van der Waals surface area contributed by atoms with Crippen LogP contribution in [-0.4, -0.2) is 104 Å². The number of rotatable bonds is 21. The van der Waals surface area contributed by atoms with Gasteiger partial charge in [0.25, 0.3) is 5.91 Å². The topological polar surface area (TPSA) is 222 Å². The molecule has 0 radical (unpaired) electrons. The number of hydrogen-bond acceptors (Lipinski definition) is 13. The number of sulfonamides is 1. The number of fused-ring (bicyclic) bond motifs is 1. The van der Waals surface area contributed by atoms with E-state index >= 15 is 0 Å². The van der Waals surface area contributed by atoms with Gasteiger partial charge in [0.15, 0.2) is 16.5 Å². The van der Waals surface area contributed by atoms with Gasteiger partial charge in [-0.3, -0.25) is 19.0 Å². The van der Waals surface area contributed by atoms with Gasteiger partial charge in [-0.15, -0.1) is 0 Å². The Morgan fingerprint density at radius 3 is 2.10 bits per heavy atom. The van der Waals surface area contributed by atoms with Gasteiger partial charge in [-0.25, -0.2) is 32.0 Å². The maximum Gasteiger partial charge on any atom is 0.313 e. The van der Waals surface area contributed by atoms with Crippen molar-refractivity contribution in [2.75, 3.05) is 59.3 Å². The lowest BCUT2D eigenvalue weighted by molar-refractivity contribution is -0.179. The first kappa shape index (κ1) is 45.9. The fourth-order valence-electron chi connectivity index (χ4n) is 5.26. The van der Waals surface area contributed by atoms with Gasteiger partial charge < -0.3 is 24.7 Å². The van der Waals surface area contributed by atoms with Gasteiger partial charge in [-0.05, 0) is 49.2 Å². The van der Waals surface area contributed by atoms with Crippen LogP contribution in [0.3, 0.4) is 0 Å². The highest BCUT2D eigenvalue weighted by molar-refractivity contribution is 7.89. The number of likely N-dealkylation sites (N-methyl/N-ethyl adjacent to an activating group) is 1. The molecule has 0 aliphatic carbocycles. The van der Waals surface area contributed by atoms with Crippen molar-refractivity contribution in [1.29, 1.82) is 0 Å². The lowest BCUT2D eigenvalue weighted by atomic mass is 10.0. The summed E-state index contributed by atoms with van der Waals surface area (Å²) in [6, 6.07) is 11.6. The summed E-state index contributed by atoms with van der Waals surface area (Å²) in [6.45, 7) is 3.99. The Morgan fingerprint density at radius 1 is 0.862 bits per heavy atom. The Bertz CT molecular complexity index is 2250. The molecule has 0 saturated heterocycles. The van der Waals surface area contributed by atoms with Crippen LogP contribution in [0.1, 0.15) is 32.3 Å². The number of nitrogens with two attached hydrogens (primary N) is 1. The van der Waals surface area contributed by atoms with Crippen LogP contribution in [0.2, 0.25) is 0 Å². The van der Waals surface area contributed by atoms with Gasteiger partial charge in [-0.1, -0.05) is 24.3 Å². The molecule has 0 fully saturated rings. The number of nitrogens with one attached hydrogen (secondary N) is 1. The van der Waals surface area contributed by atoms with Gasteiger partial charge >= 0.3 is 16.1 Å². The van der Waals surface area contributed by atoms with Gasteiger partial charge in [0, 0.05) is 30.6 Å². The third-order valence-electron chi connectivity index (χ3n) is 7.94. The molecule has 1 heterocycles. The Morgan fingerprint density at radius 2 is 1.48 bits per heavy atom. The molecule has 3 aromatic rings. The summed E-state index contributed by atoms with van der Waals surface area (Å²) in [7, 11) is -9.60. The van der Waals surface area contributed by atoms with Crippen molar-refractivity contribution in [2.45, 2.75) is 36.5 Å². The normalized spacial score (nSPS) is 13.0. The molecule has 316 valence electrons. The summed E-state index contributed by atoms with van der Waals surface area (Å²) in [6.07, 6.45) is 1.22. The molecule has 0 saturated carbocycles. The third-order valence-corrected chi connectivity index (χ3v) is 10.3. The van der Waals surface area contributed by atoms with E-state index in [-0.39, 0.29) is 69.2 Å². The summed E-state index contributed by atoms with van der Waals surface area (Å²) in [5, 5.41) is 1.26. The highest BCUT2D eigenvalue weighted by Gasteiger charge is 2.34. The lowest BCUT2D eigenvalue weighted by Gasteiger charge is -2.20. The van der Waals surface area contributed by atoms with E-state index in [0.29, 0.717) is 41.1 Å². The van der Waals surface area contributed by atoms with Crippen molar-refractivity contribution < 1.29 is 72.3 Å². The monoisotopic (exact) mass is 860 g/mol. The second-order valence-electron chi connectivity index (χ2n) is 12.0. The summed E-state index contributed by atoms with van der Waals surface area (Å²) >= 11 is 0. The van der Waals surface area contributed by atoms with E-state index in [9.17, 15) is 44.0 Å². The predicted octanol–water partition coefficient (Wildman–Crippen LogP) is 4.06. The minimum Gasteiger partial charge on any atom is -0.420 e. The number of ether oxygens (including phenoxy) is 4. The molecule has 58 heavy (non-hydrogen) atoms. The zero-order valence-electron chi connectivity index (χ0n) is 31.1. The standard InChI is InChI=1S/C36H40F4N4O12S2/c1-3-44(55-4-2)36(46)25-18-24-9-8-23(20-27(24)43-28(41)21-25)22-6-5-7-26(19-22)57(47,48)42-11-13-53-15-17-54-16-14-52-12-10-29(45)56-34-30(37)32(39)35(58(49,50)51)33(40)31(34)38/h5-9,18-20,42H,3-4,10-17,21H2,1-2H3,(H2,41,43)(H,49,50,51). The maximum atomic E-state index is 14.0. The van der Waals surface area contributed by atoms with Crippen LogP contribution in [0.5, 0.6) is 5.75 Å². The predicted molar refractivity (Wildman–Crippen MR) is 199 cm³/mol. The number of hydroxylamine groups is 2. The van der Waals surface area contributed by atoms with Crippen LogP contribution >= 0.6 is 0 Å². The number of esters is 1. The van der Waals surface area contributed by atoms with E-state index < -0.39 is 66.4 Å². The maximum absolute atomic E-state index is 14.0. The molecule has 0 aromatic heterocycles. The highest BCUT2D eigenvalue weighted by Crippen LogP contribution is 2.34. The summed E-state index contributed by atoms with van der Waals surface area (Å²) in [5.74, 6) is -12.9. The fraction of sp³-hybridized carbons (Fsp3) is 0.361. The van der Waals surface area contributed by atoms with Gasteiger partial charge in [0.1, 0.15) is 5.84 Å². The zero-order valence-corrected chi connectivity index (χ0v) is 32.8. The summed E-state index contributed by atoms with van der Waals surface area (Å²) < 4.78 is 135. The van der Waals surface area contributed by atoms with Gasteiger partial charge in [-0.2, -0.15) is 17.2 Å². The van der Waals surface area contributed by atoms with Crippen molar-refractivity contribution in [3.8, 4) is 16.9 Å². The van der Waals surface area contributed by atoms with E-state index in [1.54, 1.807) is 50.3 Å². The number of carbonyl (C=O) groups is 2. The van der Waals surface area contributed by atoms with Crippen molar-refractivity contribution in [1.82, 2.24) is 9.79 Å². The smallest absolute Gasteiger partial charge is 0.313 e. The summed E-state index contributed by atoms with van der Waals surface area (Å²) in [4.78, 5) is 32.5. The fourth-order valence-corrected chi connectivity index (χ4v) is 6.95. The molecule has 1 aliphatic heterocycles. The second kappa shape index (κ2) is 20.7. The number of carbonyl (C=O) groups excluding carboxylic acids is 2. The largest absolute Gasteiger partial charge is 0.420 e. The first-order valence-electron chi connectivity index (χ1n) is 17.5. The van der Waals surface area contributed by atoms with E-state index in [1.165, 1.54) is 17.2 Å². The van der Waals surface area contributed by atoms with Crippen LogP contribution in [0.15, 0.2) is 62.8 Å². The first-order chi connectivity index (χ1) is 27.5. The Balaban J connectivity index is 1.16. The SMILES string of the molecule is CCON(CC)C(=O)C1=Cc2ccc(-c3cccc(S(=O)(=O)NCCOCCOCCOCCC(=O)Oc4c(F)c(F)c(S(=O)(=O)O)c(F)c4F)c3)cc2N=C(N)C1. The minimum absolute atomic E-state index is 0.0112. The Kier molecular flexibility index (Phi) is 16.4. The number of amidine groups is 1. The number of aliphatic imine (C=N–C) groups is 1. The molecule has 4 rings (SSSR count). The van der Waals surface area contributed by atoms with Crippen LogP contribution in [0.4, 0.5) is 23.2 Å². The van der Waals surface area contributed by atoms with Gasteiger partial charge in [0.05, 0.1) is 63.3 Å². The molecule has 4 N–H and O–H groups in total. The lowest BCUT2D eigenvalue weighted by Crippen LogP contribution is -2.33. The van der Waals surface area contributed by atoms with Crippen LogP contribution in [0.25, 0.3) is 17.2 Å². The molecule has 0 unspecified atom stereocenters. The van der Waals surface area contributed by atoms with Gasteiger partial charge in [0.2, 0.25) is 27.4 Å². The Hall–Kier alpha value is -4.81.